The quantitative estimate of drug-likeness (QED) is 0.746. The van der Waals surface area contributed by atoms with Crippen LogP contribution in [0.2, 0.25) is 0 Å². The number of hydrogen-bond acceptors (Lipinski definition) is 1. The molecule has 88 valence electrons. The van der Waals surface area contributed by atoms with Crippen molar-refractivity contribution in [2.75, 3.05) is 6.54 Å². The van der Waals surface area contributed by atoms with E-state index in [1.54, 1.807) is 0 Å². The molecule has 0 aliphatic heterocycles. The standard InChI is InChI=1S/C14H27N/c1-12(2)15-11-13-9-14(10-13)7-5-3-4-6-8-14/h12-13,15H,3-11H2,1-2H3. The van der Waals surface area contributed by atoms with Crippen LogP contribution in [0.5, 0.6) is 0 Å². The maximum absolute atomic E-state index is 3.59. The molecule has 0 aromatic carbocycles. The molecule has 2 aliphatic rings. The number of nitrogens with one attached hydrogen (secondary N) is 1. The maximum Gasteiger partial charge on any atom is 0.00104 e. The van der Waals surface area contributed by atoms with Crippen molar-refractivity contribution in [3.8, 4) is 0 Å². The summed E-state index contributed by atoms with van der Waals surface area (Å²) in [5.74, 6) is 0.991. The average Bonchev–Trinajstić information content (AvgIpc) is 2.37. The molecule has 0 radical (unpaired) electrons. The molecule has 0 aromatic rings. The van der Waals surface area contributed by atoms with E-state index in [4.69, 9.17) is 0 Å². The van der Waals surface area contributed by atoms with Gasteiger partial charge in [0.1, 0.15) is 0 Å². The Kier molecular flexibility index (Phi) is 3.71. The first-order valence-electron chi connectivity index (χ1n) is 6.94. The van der Waals surface area contributed by atoms with E-state index in [2.05, 4.69) is 19.2 Å². The fourth-order valence-electron chi connectivity index (χ4n) is 3.60. The van der Waals surface area contributed by atoms with Crippen molar-refractivity contribution in [2.24, 2.45) is 11.3 Å². The largest absolute Gasteiger partial charge is 0.314 e. The Balaban J connectivity index is 1.70. The smallest absolute Gasteiger partial charge is 0.00104 e. The van der Waals surface area contributed by atoms with E-state index in [-0.39, 0.29) is 0 Å². The summed E-state index contributed by atoms with van der Waals surface area (Å²) in [6.07, 6.45) is 12.1. The molecule has 0 amide bonds. The second-order valence-corrected chi connectivity index (χ2v) is 6.25. The van der Waals surface area contributed by atoms with Gasteiger partial charge in [0, 0.05) is 6.04 Å². The first kappa shape index (κ1) is 11.4. The van der Waals surface area contributed by atoms with Gasteiger partial charge in [0.2, 0.25) is 0 Å². The molecule has 2 fully saturated rings. The molecule has 0 unspecified atom stereocenters. The van der Waals surface area contributed by atoms with Gasteiger partial charge in [-0.1, -0.05) is 39.5 Å². The molecule has 0 aromatic heterocycles. The van der Waals surface area contributed by atoms with Gasteiger partial charge in [0.05, 0.1) is 0 Å². The molecule has 1 spiro atoms. The first-order chi connectivity index (χ1) is 7.20. The van der Waals surface area contributed by atoms with Gasteiger partial charge in [-0.25, -0.2) is 0 Å². The van der Waals surface area contributed by atoms with E-state index in [0.29, 0.717) is 6.04 Å². The summed E-state index contributed by atoms with van der Waals surface area (Å²) in [5, 5.41) is 3.59. The van der Waals surface area contributed by atoms with Gasteiger partial charge in [0.15, 0.2) is 0 Å². The number of rotatable bonds is 3. The molecule has 2 rings (SSSR count). The molecule has 0 saturated heterocycles. The Morgan fingerprint density at radius 1 is 1.07 bits per heavy atom. The minimum absolute atomic E-state index is 0.663. The Morgan fingerprint density at radius 2 is 1.67 bits per heavy atom. The summed E-state index contributed by atoms with van der Waals surface area (Å²) in [4.78, 5) is 0. The Morgan fingerprint density at radius 3 is 2.20 bits per heavy atom. The lowest BCUT2D eigenvalue weighted by Crippen LogP contribution is -2.43. The van der Waals surface area contributed by atoms with E-state index in [1.807, 2.05) is 0 Å². The second-order valence-electron chi connectivity index (χ2n) is 6.25. The highest BCUT2D eigenvalue weighted by Crippen LogP contribution is 2.53. The minimum atomic E-state index is 0.663. The molecule has 0 bridgehead atoms. The van der Waals surface area contributed by atoms with E-state index < -0.39 is 0 Å². The van der Waals surface area contributed by atoms with Crippen LogP contribution >= 0.6 is 0 Å². The summed E-state index contributed by atoms with van der Waals surface area (Å²) in [7, 11) is 0. The lowest BCUT2D eigenvalue weighted by atomic mass is 9.58. The molecular formula is C14H27N. The van der Waals surface area contributed by atoms with Crippen LogP contribution in [-0.4, -0.2) is 12.6 Å². The zero-order valence-electron chi connectivity index (χ0n) is 10.5. The van der Waals surface area contributed by atoms with Crippen molar-refractivity contribution >= 4 is 0 Å². The predicted molar refractivity (Wildman–Crippen MR) is 66.0 cm³/mol. The monoisotopic (exact) mass is 209 g/mol. The lowest BCUT2D eigenvalue weighted by molar-refractivity contribution is 0.0368. The molecule has 1 heteroatoms. The third kappa shape index (κ3) is 2.96. The normalized spacial score (nSPS) is 26.6. The fourth-order valence-corrected chi connectivity index (χ4v) is 3.60. The van der Waals surface area contributed by atoms with Gasteiger partial charge in [-0.2, -0.15) is 0 Å². The molecule has 15 heavy (non-hydrogen) atoms. The molecular weight excluding hydrogens is 182 g/mol. The molecule has 0 heterocycles. The molecule has 0 atom stereocenters. The molecule has 1 N–H and O–H groups in total. The summed E-state index contributed by atoms with van der Waals surface area (Å²) in [5.41, 5.74) is 0.805. The van der Waals surface area contributed by atoms with E-state index in [1.165, 1.54) is 57.9 Å². The fraction of sp³-hybridized carbons (Fsp3) is 1.00. The number of hydrogen-bond donors (Lipinski definition) is 1. The maximum atomic E-state index is 3.59. The average molecular weight is 209 g/mol. The van der Waals surface area contributed by atoms with Crippen LogP contribution < -0.4 is 5.32 Å². The van der Waals surface area contributed by atoms with Crippen LogP contribution in [-0.2, 0) is 0 Å². The van der Waals surface area contributed by atoms with Crippen LogP contribution in [0.15, 0.2) is 0 Å². The predicted octanol–water partition coefficient (Wildman–Crippen LogP) is 3.74. The Bertz CT molecular complexity index is 182. The highest BCUT2D eigenvalue weighted by molar-refractivity contribution is 4.95. The van der Waals surface area contributed by atoms with Crippen LogP contribution in [0.25, 0.3) is 0 Å². The van der Waals surface area contributed by atoms with Gasteiger partial charge in [0.25, 0.3) is 0 Å². The second kappa shape index (κ2) is 4.86. The molecule has 1 nitrogen and oxygen atoms in total. The zero-order valence-corrected chi connectivity index (χ0v) is 10.5. The van der Waals surface area contributed by atoms with Gasteiger partial charge >= 0.3 is 0 Å². The van der Waals surface area contributed by atoms with Gasteiger partial charge in [-0.15, -0.1) is 0 Å². The Labute approximate surface area is 95.0 Å². The van der Waals surface area contributed by atoms with Crippen molar-refractivity contribution in [2.45, 2.75) is 71.3 Å². The topological polar surface area (TPSA) is 12.0 Å². The van der Waals surface area contributed by atoms with Gasteiger partial charge < -0.3 is 5.32 Å². The van der Waals surface area contributed by atoms with Crippen molar-refractivity contribution in [1.29, 1.82) is 0 Å². The Hall–Kier alpha value is -0.0400. The highest BCUT2D eigenvalue weighted by atomic mass is 14.9. The van der Waals surface area contributed by atoms with E-state index >= 15 is 0 Å². The molecule has 2 aliphatic carbocycles. The van der Waals surface area contributed by atoms with Gasteiger partial charge in [-0.05, 0) is 43.6 Å². The third-order valence-corrected chi connectivity index (χ3v) is 4.42. The van der Waals surface area contributed by atoms with Crippen LogP contribution in [0.1, 0.15) is 65.2 Å². The highest BCUT2D eigenvalue weighted by Gasteiger charge is 2.43. The lowest BCUT2D eigenvalue weighted by Gasteiger charge is -2.48. The van der Waals surface area contributed by atoms with Crippen LogP contribution in [0, 0.1) is 11.3 Å². The zero-order chi connectivity index (χ0) is 10.7. The first-order valence-corrected chi connectivity index (χ1v) is 6.94. The van der Waals surface area contributed by atoms with Gasteiger partial charge in [-0.3, -0.25) is 0 Å². The minimum Gasteiger partial charge on any atom is -0.314 e. The van der Waals surface area contributed by atoms with Crippen LogP contribution in [0.4, 0.5) is 0 Å². The summed E-state index contributed by atoms with van der Waals surface area (Å²) in [6, 6.07) is 0.663. The SMILES string of the molecule is CC(C)NCC1CC2(CCCCCC2)C1. The third-order valence-electron chi connectivity index (χ3n) is 4.42. The van der Waals surface area contributed by atoms with Crippen LogP contribution in [0.3, 0.4) is 0 Å². The summed E-state index contributed by atoms with van der Waals surface area (Å²) >= 11 is 0. The van der Waals surface area contributed by atoms with Crippen molar-refractivity contribution in [3.63, 3.8) is 0 Å². The summed E-state index contributed by atoms with van der Waals surface area (Å²) < 4.78 is 0. The van der Waals surface area contributed by atoms with Crippen molar-refractivity contribution in [1.82, 2.24) is 5.32 Å². The van der Waals surface area contributed by atoms with Crippen molar-refractivity contribution in [3.05, 3.63) is 0 Å². The molecule has 2 saturated carbocycles. The van der Waals surface area contributed by atoms with Crippen molar-refractivity contribution < 1.29 is 0 Å². The van der Waals surface area contributed by atoms with E-state index in [0.717, 1.165) is 11.3 Å². The van der Waals surface area contributed by atoms with E-state index in [9.17, 15) is 0 Å². The summed E-state index contributed by atoms with van der Waals surface area (Å²) in [6.45, 7) is 5.76.